The first-order valence-corrected chi connectivity index (χ1v) is 5.47. The van der Waals surface area contributed by atoms with Crippen LogP contribution in [0.1, 0.15) is 10.4 Å². The average Bonchev–Trinajstić information content (AvgIpc) is 2.38. The Hall–Kier alpha value is -2.14. The van der Waals surface area contributed by atoms with E-state index in [0.29, 0.717) is 30.0 Å². The Morgan fingerprint density at radius 3 is 2.83 bits per heavy atom. The minimum absolute atomic E-state index is 0.239. The lowest BCUT2D eigenvalue weighted by Crippen LogP contribution is -2.05. The first kappa shape index (κ1) is 12.3. The molecule has 2 rings (SSSR count). The SMILES string of the molecule is COCCOc1ccc2c(C(=O)O)cccc2n1. The molecule has 1 aromatic carbocycles. The molecule has 0 saturated carbocycles. The normalized spacial score (nSPS) is 10.5. The number of nitrogens with zero attached hydrogens (tertiary/aromatic N) is 1. The van der Waals surface area contributed by atoms with E-state index in [1.165, 1.54) is 0 Å². The standard InChI is InChI=1S/C13H13NO4/c1-17-7-8-18-12-6-5-9-10(13(15)16)3-2-4-11(9)14-12/h2-6H,7-8H2,1H3,(H,15,16). The molecule has 0 spiro atoms. The molecular weight excluding hydrogens is 234 g/mol. The summed E-state index contributed by atoms with van der Waals surface area (Å²) in [5, 5.41) is 9.65. The summed E-state index contributed by atoms with van der Waals surface area (Å²) in [6.07, 6.45) is 0. The van der Waals surface area contributed by atoms with Crippen molar-refractivity contribution in [3.8, 4) is 5.88 Å². The third-order valence-electron chi connectivity index (χ3n) is 2.47. The molecule has 0 fully saturated rings. The zero-order valence-electron chi connectivity index (χ0n) is 9.92. The van der Waals surface area contributed by atoms with Gasteiger partial charge in [-0.15, -0.1) is 0 Å². The maximum absolute atomic E-state index is 11.0. The second-order valence-electron chi connectivity index (χ2n) is 3.67. The number of rotatable bonds is 5. The number of pyridine rings is 1. The molecule has 0 amide bonds. The number of hydrogen-bond donors (Lipinski definition) is 1. The van der Waals surface area contributed by atoms with E-state index in [0.717, 1.165) is 0 Å². The molecule has 1 aromatic heterocycles. The van der Waals surface area contributed by atoms with Gasteiger partial charge in [0.2, 0.25) is 5.88 Å². The molecule has 5 heteroatoms. The van der Waals surface area contributed by atoms with Crippen molar-refractivity contribution in [1.29, 1.82) is 0 Å². The Bertz CT molecular complexity index is 568. The Morgan fingerprint density at radius 1 is 1.28 bits per heavy atom. The van der Waals surface area contributed by atoms with Gasteiger partial charge in [0.05, 0.1) is 17.7 Å². The Balaban J connectivity index is 2.32. The maximum atomic E-state index is 11.0. The van der Waals surface area contributed by atoms with Crippen LogP contribution >= 0.6 is 0 Å². The van der Waals surface area contributed by atoms with Gasteiger partial charge in [0, 0.05) is 18.6 Å². The van der Waals surface area contributed by atoms with E-state index in [-0.39, 0.29) is 5.56 Å². The highest BCUT2D eigenvalue weighted by molar-refractivity contribution is 6.02. The molecule has 1 heterocycles. The highest BCUT2D eigenvalue weighted by Crippen LogP contribution is 2.20. The summed E-state index contributed by atoms with van der Waals surface area (Å²) >= 11 is 0. The molecule has 1 N–H and O–H groups in total. The van der Waals surface area contributed by atoms with Crippen LogP contribution in [-0.4, -0.2) is 36.4 Å². The van der Waals surface area contributed by atoms with Gasteiger partial charge in [-0.3, -0.25) is 0 Å². The Labute approximate surface area is 104 Å². The summed E-state index contributed by atoms with van der Waals surface area (Å²) in [6, 6.07) is 8.33. The number of ether oxygens (including phenoxy) is 2. The lowest BCUT2D eigenvalue weighted by atomic mass is 10.1. The molecule has 0 atom stereocenters. The van der Waals surface area contributed by atoms with Crippen LogP contribution in [0.2, 0.25) is 0 Å². The minimum atomic E-state index is -0.963. The van der Waals surface area contributed by atoms with Gasteiger partial charge in [0.15, 0.2) is 0 Å². The summed E-state index contributed by atoms with van der Waals surface area (Å²) in [5.41, 5.74) is 0.841. The van der Waals surface area contributed by atoms with Crippen molar-refractivity contribution < 1.29 is 19.4 Å². The minimum Gasteiger partial charge on any atom is -0.478 e. The second kappa shape index (κ2) is 5.46. The third-order valence-corrected chi connectivity index (χ3v) is 2.47. The third kappa shape index (κ3) is 2.57. The number of carboxylic acid groups (broad SMARTS) is 1. The number of methoxy groups -OCH3 is 1. The molecule has 5 nitrogen and oxygen atoms in total. The van der Waals surface area contributed by atoms with E-state index >= 15 is 0 Å². The number of aromatic carboxylic acids is 1. The van der Waals surface area contributed by atoms with Crippen LogP contribution in [0.15, 0.2) is 30.3 Å². The summed E-state index contributed by atoms with van der Waals surface area (Å²) in [4.78, 5) is 15.3. The predicted octanol–water partition coefficient (Wildman–Crippen LogP) is 1.96. The van der Waals surface area contributed by atoms with E-state index < -0.39 is 5.97 Å². The van der Waals surface area contributed by atoms with E-state index in [1.54, 1.807) is 37.4 Å². The monoisotopic (exact) mass is 247 g/mol. The van der Waals surface area contributed by atoms with Gasteiger partial charge in [-0.25, -0.2) is 9.78 Å². The van der Waals surface area contributed by atoms with E-state index in [9.17, 15) is 4.79 Å². The topological polar surface area (TPSA) is 68.7 Å². The largest absolute Gasteiger partial charge is 0.478 e. The van der Waals surface area contributed by atoms with Crippen molar-refractivity contribution in [2.75, 3.05) is 20.3 Å². The zero-order chi connectivity index (χ0) is 13.0. The van der Waals surface area contributed by atoms with Crippen LogP contribution in [0.4, 0.5) is 0 Å². The Morgan fingerprint density at radius 2 is 2.11 bits per heavy atom. The quantitative estimate of drug-likeness (QED) is 0.818. The molecule has 0 saturated heterocycles. The van der Waals surface area contributed by atoms with Gasteiger partial charge >= 0.3 is 5.97 Å². The van der Waals surface area contributed by atoms with Crippen LogP contribution in [0.5, 0.6) is 5.88 Å². The van der Waals surface area contributed by atoms with Crippen LogP contribution < -0.4 is 4.74 Å². The maximum Gasteiger partial charge on any atom is 0.336 e. The number of carboxylic acids is 1. The van der Waals surface area contributed by atoms with Crippen molar-refractivity contribution in [2.45, 2.75) is 0 Å². The molecule has 2 aromatic rings. The molecule has 0 bridgehead atoms. The predicted molar refractivity (Wildman–Crippen MR) is 66.1 cm³/mol. The molecule has 18 heavy (non-hydrogen) atoms. The molecule has 94 valence electrons. The lowest BCUT2D eigenvalue weighted by Gasteiger charge is -2.06. The summed E-state index contributed by atoms with van der Waals surface area (Å²) < 4.78 is 10.2. The van der Waals surface area contributed by atoms with Crippen molar-refractivity contribution in [1.82, 2.24) is 4.98 Å². The highest BCUT2D eigenvalue weighted by atomic mass is 16.5. The van der Waals surface area contributed by atoms with Crippen LogP contribution in [0.25, 0.3) is 10.9 Å². The molecule has 0 aliphatic carbocycles. The first-order valence-electron chi connectivity index (χ1n) is 5.47. The fourth-order valence-corrected chi connectivity index (χ4v) is 1.63. The smallest absolute Gasteiger partial charge is 0.336 e. The first-order chi connectivity index (χ1) is 8.72. The van der Waals surface area contributed by atoms with E-state index in [2.05, 4.69) is 4.98 Å². The van der Waals surface area contributed by atoms with Gasteiger partial charge in [0.1, 0.15) is 6.61 Å². The Kier molecular flexibility index (Phi) is 3.74. The van der Waals surface area contributed by atoms with Gasteiger partial charge in [-0.1, -0.05) is 6.07 Å². The highest BCUT2D eigenvalue weighted by Gasteiger charge is 2.09. The molecule has 0 aliphatic rings. The van der Waals surface area contributed by atoms with Crippen molar-refractivity contribution in [3.05, 3.63) is 35.9 Å². The summed E-state index contributed by atoms with van der Waals surface area (Å²) in [7, 11) is 1.59. The molecule has 0 radical (unpaired) electrons. The fraction of sp³-hybridized carbons (Fsp3) is 0.231. The number of aromatic nitrogens is 1. The zero-order valence-corrected chi connectivity index (χ0v) is 9.92. The summed E-state index contributed by atoms with van der Waals surface area (Å²) in [6.45, 7) is 0.891. The van der Waals surface area contributed by atoms with Crippen molar-refractivity contribution in [2.24, 2.45) is 0 Å². The fourth-order valence-electron chi connectivity index (χ4n) is 1.63. The second-order valence-corrected chi connectivity index (χ2v) is 3.67. The van der Waals surface area contributed by atoms with Crippen molar-refractivity contribution >= 4 is 16.9 Å². The number of benzene rings is 1. The van der Waals surface area contributed by atoms with Gasteiger partial charge in [0.25, 0.3) is 0 Å². The van der Waals surface area contributed by atoms with Gasteiger partial charge in [-0.05, 0) is 18.2 Å². The van der Waals surface area contributed by atoms with Crippen LogP contribution in [0.3, 0.4) is 0 Å². The number of carbonyl (C=O) groups is 1. The summed E-state index contributed by atoms with van der Waals surface area (Å²) in [5.74, 6) is -0.502. The van der Waals surface area contributed by atoms with E-state index in [4.69, 9.17) is 14.6 Å². The molecular formula is C13H13NO4. The number of hydrogen-bond acceptors (Lipinski definition) is 4. The van der Waals surface area contributed by atoms with Gasteiger partial charge in [-0.2, -0.15) is 0 Å². The van der Waals surface area contributed by atoms with Crippen LogP contribution in [-0.2, 0) is 4.74 Å². The molecule has 0 aliphatic heterocycles. The van der Waals surface area contributed by atoms with Crippen molar-refractivity contribution in [3.63, 3.8) is 0 Å². The number of fused-ring (bicyclic) bond motifs is 1. The van der Waals surface area contributed by atoms with E-state index in [1.807, 2.05) is 0 Å². The lowest BCUT2D eigenvalue weighted by molar-refractivity contribution is 0.0699. The molecule has 0 unspecified atom stereocenters. The average molecular weight is 247 g/mol. The van der Waals surface area contributed by atoms with Crippen LogP contribution in [0, 0.1) is 0 Å². The van der Waals surface area contributed by atoms with Gasteiger partial charge < -0.3 is 14.6 Å².